The lowest BCUT2D eigenvalue weighted by Crippen LogP contribution is -2.45. The first kappa shape index (κ1) is 15.7. The molecule has 1 aliphatic carbocycles. The van der Waals surface area contributed by atoms with Crippen LogP contribution in [0.4, 0.5) is 4.79 Å². The maximum Gasteiger partial charge on any atom is 0.409 e. The summed E-state index contributed by atoms with van der Waals surface area (Å²) in [6.45, 7) is 3.74. The largest absolute Gasteiger partial charge is 0.453 e. The van der Waals surface area contributed by atoms with Gasteiger partial charge < -0.3 is 15.0 Å². The van der Waals surface area contributed by atoms with Crippen LogP contribution in [0.5, 0.6) is 0 Å². The molecule has 1 aromatic heterocycles. The molecule has 1 saturated heterocycles. The van der Waals surface area contributed by atoms with Crippen molar-refractivity contribution >= 4 is 17.4 Å². The number of nitrogens with zero attached hydrogens (tertiary/aromatic N) is 2. The molecule has 0 spiro atoms. The van der Waals surface area contributed by atoms with E-state index in [4.69, 9.17) is 9.72 Å². The molecule has 5 nitrogen and oxygen atoms in total. The molecule has 0 radical (unpaired) electrons. The van der Waals surface area contributed by atoms with E-state index in [1.165, 1.54) is 42.0 Å². The Kier molecular flexibility index (Phi) is 4.98. The number of hydrogen-bond acceptors (Lipinski definition) is 5. The predicted octanol–water partition coefficient (Wildman–Crippen LogP) is 2.90. The highest BCUT2D eigenvalue weighted by molar-refractivity contribution is 7.11. The highest BCUT2D eigenvalue weighted by atomic mass is 32.1. The number of rotatable bonds is 3. The Morgan fingerprint density at radius 3 is 2.77 bits per heavy atom. The van der Waals surface area contributed by atoms with Gasteiger partial charge in [-0.05, 0) is 45.4 Å². The highest BCUT2D eigenvalue weighted by Gasteiger charge is 2.25. The average molecular weight is 323 g/mol. The summed E-state index contributed by atoms with van der Waals surface area (Å²) in [5.41, 5.74) is 1.33. The fraction of sp³-hybridized carbons (Fsp3) is 0.750. The second-order valence-electron chi connectivity index (χ2n) is 6.25. The number of likely N-dealkylation sites (tertiary alicyclic amines) is 1. The maximum absolute atomic E-state index is 11.5. The van der Waals surface area contributed by atoms with Gasteiger partial charge in [0.2, 0.25) is 0 Å². The topological polar surface area (TPSA) is 54.5 Å². The molecule has 0 aromatic carbocycles. The Hall–Kier alpha value is -1.14. The van der Waals surface area contributed by atoms with Crippen molar-refractivity contribution in [3.63, 3.8) is 0 Å². The van der Waals surface area contributed by atoms with Crippen molar-refractivity contribution in [2.45, 2.75) is 57.5 Å². The lowest BCUT2D eigenvalue weighted by molar-refractivity contribution is 0.109. The van der Waals surface area contributed by atoms with E-state index in [2.05, 4.69) is 12.2 Å². The molecular weight excluding hydrogens is 298 g/mol. The maximum atomic E-state index is 11.5. The van der Waals surface area contributed by atoms with Crippen molar-refractivity contribution in [3.05, 3.63) is 15.6 Å². The monoisotopic (exact) mass is 323 g/mol. The van der Waals surface area contributed by atoms with E-state index < -0.39 is 0 Å². The molecular formula is C16H25N3O2S. The summed E-state index contributed by atoms with van der Waals surface area (Å²) in [7, 11) is 1.44. The minimum atomic E-state index is -0.209. The van der Waals surface area contributed by atoms with E-state index in [9.17, 15) is 4.79 Å². The van der Waals surface area contributed by atoms with E-state index in [0.29, 0.717) is 12.1 Å². The van der Waals surface area contributed by atoms with Gasteiger partial charge in [0.15, 0.2) is 0 Å². The van der Waals surface area contributed by atoms with E-state index in [0.717, 1.165) is 32.4 Å². The second kappa shape index (κ2) is 6.96. The number of ether oxygens (including phenoxy) is 1. The number of fused-ring (bicyclic) bond motifs is 1. The number of nitrogens with one attached hydrogen (secondary N) is 1. The van der Waals surface area contributed by atoms with Crippen LogP contribution in [0.1, 0.15) is 54.2 Å². The molecule has 0 unspecified atom stereocenters. The van der Waals surface area contributed by atoms with Crippen LogP contribution in [-0.4, -0.2) is 42.2 Å². The number of aryl methyl sites for hydroxylation is 2. The Morgan fingerprint density at radius 2 is 2.09 bits per heavy atom. The Morgan fingerprint density at radius 1 is 1.36 bits per heavy atom. The number of piperidine rings is 1. The summed E-state index contributed by atoms with van der Waals surface area (Å²) < 4.78 is 4.78. The number of carbonyl (C=O) groups is 1. The summed E-state index contributed by atoms with van der Waals surface area (Å²) in [5.74, 6) is 0. The van der Waals surface area contributed by atoms with Crippen molar-refractivity contribution in [2.75, 3.05) is 20.2 Å². The number of aromatic nitrogens is 1. The Labute approximate surface area is 136 Å². The number of thiazole rings is 1. The van der Waals surface area contributed by atoms with Gasteiger partial charge in [0.05, 0.1) is 18.8 Å². The normalized spacial score (nSPS) is 20.5. The van der Waals surface area contributed by atoms with Crippen LogP contribution in [0.2, 0.25) is 0 Å². The van der Waals surface area contributed by atoms with Gasteiger partial charge in [0.25, 0.3) is 0 Å². The third kappa shape index (κ3) is 3.43. The zero-order chi connectivity index (χ0) is 15.5. The zero-order valence-electron chi connectivity index (χ0n) is 13.4. The summed E-state index contributed by atoms with van der Waals surface area (Å²) in [4.78, 5) is 19.6. The molecule has 1 N–H and O–H groups in total. The van der Waals surface area contributed by atoms with Crippen molar-refractivity contribution in [2.24, 2.45) is 0 Å². The molecule has 2 aliphatic rings. The number of methoxy groups -OCH3 is 1. The van der Waals surface area contributed by atoms with Crippen LogP contribution in [0, 0.1) is 0 Å². The summed E-state index contributed by atoms with van der Waals surface area (Å²) in [6, 6.07) is 0.752. The van der Waals surface area contributed by atoms with Crippen LogP contribution in [0.15, 0.2) is 0 Å². The van der Waals surface area contributed by atoms with Crippen LogP contribution in [0.25, 0.3) is 0 Å². The van der Waals surface area contributed by atoms with Crippen molar-refractivity contribution < 1.29 is 9.53 Å². The molecule has 6 heteroatoms. The van der Waals surface area contributed by atoms with E-state index in [1.807, 2.05) is 11.3 Å². The van der Waals surface area contributed by atoms with Crippen molar-refractivity contribution in [1.29, 1.82) is 0 Å². The number of carbonyl (C=O) groups excluding carboxylic acids is 1. The molecule has 1 atom stereocenters. The molecule has 1 fully saturated rings. The fourth-order valence-electron chi connectivity index (χ4n) is 3.34. The molecule has 0 bridgehead atoms. The Balaban J connectivity index is 1.53. The average Bonchev–Trinajstić information content (AvgIpc) is 2.99. The van der Waals surface area contributed by atoms with Crippen molar-refractivity contribution in [3.8, 4) is 0 Å². The van der Waals surface area contributed by atoms with Crippen LogP contribution in [-0.2, 0) is 17.6 Å². The van der Waals surface area contributed by atoms with E-state index in [-0.39, 0.29) is 6.09 Å². The standard InChI is InChI=1S/C16H25N3O2S/c1-11(15-18-13-5-3-4-6-14(13)22-15)17-12-7-9-19(10-8-12)16(20)21-2/h11-12,17H,3-10H2,1-2H3/t11-/m1/s1. The molecule has 1 amide bonds. The molecule has 122 valence electrons. The minimum absolute atomic E-state index is 0.209. The molecule has 3 rings (SSSR count). The number of amides is 1. The van der Waals surface area contributed by atoms with Gasteiger partial charge in [0.1, 0.15) is 5.01 Å². The summed E-state index contributed by atoms with van der Waals surface area (Å²) in [6.07, 6.45) is 6.69. The quantitative estimate of drug-likeness (QED) is 0.929. The number of hydrogen-bond donors (Lipinski definition) is 1. The van der Waals surface area contributed by atoms with Gasteiger partial charge in [-0.3, -0.25) is 0 Å². The van der Waals surface area contributed by atoms with Crippen LogP contribution < -0.4 is 5.32 Å². The smallest absolute Gasteiger partial charge is 0.409 e. The fourth-order valence-corrected chi connectivity index (χ4v) is 4.50. The zero-order valence-corrected chi connectivity index (χ0v) is 14.2. The SMILES string of the molecule is COC(=O)N1CCC(N[C@H](C)c2nc3c(s2)CCCC3)CC1. The van der Waals surface area contributed by atoms with Crippen molar-refractivity contribution in [1.82, 2.24) is 15.2 Å². The van der Waals surface area contributed by atoms with Gasteiger partial charge in [-0.15, -0.1) is 11.3 Å². The first-order chi connectivity index (χ1) is 10.7. The molecule has 2 heterocycles. The van der Waals surface area contributed by atoms with E-state index in [1.54, 1.807) is 4.90 Å². The van der Waals surface area contributed by atoms with Gasteiger partial charge in [-0.1, -0.05) is 0 Å². The molecule has 1 aliphatic heterocycles. The van der Waals surface area contributed by atoms with Crippen LogP contribution in [0.3, 0.4) is 0 Å². The minimum Gasteiger partial charge on any atom is -0.453 e. The van der Waals surface area contributed by atoms with Gasteiger partial charge in [-0.25, -0.2) is 9.78 Å². The third-order valence-electron chi connectivity index (χ3n) is 4.65. The predicted molar refractivity (Wildman–Crippen MR) is 87.3 cm³/mol. The van der Waals surface area contributed by atoms with Crippen LogP contribution >= 0.6 is 11.3 Å². The summed E-state index contributed by atoms with van der Waals surface area (Å²) >= 11 is 1.88. The van der Waals surface area contributed by atoms with Gasteiger partial charge in [-0.2, -0.15) is 0 Å². The third-order valence-corrected chi connectivity index (χ3v) is 5.99. The second-order valence-corrected chi connectivity index (χ2v) is 7.36. The first-order valence-electron chi connectivity index (χ1n) is 8.24. The summed E-state index contributed by atoms with van der Waals surface area (Å²) in [5, 5.41) is 4.92. The lowest BCUT2D eigenvalue weighted by Gasteiger charge is -2.32. The van der Waals surface area contributed by atoms with Gasteiger partial charge in [0, 0.05) is 24.0 Å². The Bertz CT molecular complexity index is 500. The van der Waals surface area contributed by atoms with E-state index >= 15 is 0 Å². The highest BCUT2D eigenvalue weighted by Crippen LogP contribution is 2.30. The molecule has 1 aromatic rings. The van der Waals surface area contributed by atoms with Gasteiger partial charge >= 0.3 is 6.09 Å². The lowest BCUT2D eigenvalue weighted by atomic mass is 10.0. The molecule has 0 saturated carbocycles. The first-order valence-corrected chi connectivity index (χ1v) is 9.06. The molecule has 22 heavy (non-hydrogen) atoms.